The molecule has 1 aromatic heterocycles. The molecule has 0 fully saturated rings. The molecule has 30 heavy (non-hydrogen) atoms. The van der Waals surface area contributed by atoms with Gasteiger partial charge in [-0.2, -0.15) is 0 Å². The Hall–Kier alpha value is -2.10. The van der Waals surface area contributed by atoms with Gasteiger partial charge in [0, 0.05) is 5.02 Å². The molecule has 2 aliphatic heterocycles. The fourth-order valence-corrected chi connectivity index (χ4v) is 4.50. The largest absolute Gasteiger partial charge is 0.461 e. The number of fused-ring (bicyclic) bond motifs is 3. The highest BCUT2D eigenvalue weighted by Gasteiger charge is 2.39. The molecule has 0 bridgehead atoms. The molecular weight excluding hydrogens is 440 g/mol. The first-order valence-electron chi connectivity index (χ1n) is 9.62. The highest BCUT2D eigenvalue weighted by molar-refractivity contribution is 7.99. The summed E-state index contributed by atoms with van der Waals surface area (Å²) in [7, 11) is 0. The molecule has 2 aliphatic rings. The molecule has 4 rings (SSSR count). The van der Waals surface area contributed by atoms with Gasteiger partial charge in [-0.3, -0.25) is 5.43 Å². The third-order valence-electron chi connectivity index (χ3n) is 4.55. The van der Waals surface area contributed by atoms with Gasteiger partial charge < -0.3 is 10.1 Å². The molecular formula is C20H23ClN6OS2. The van der Waals surface area contributed by atoms with Crippen LogP contribution in [0.1, 0.15) is 26.3 Å². The number of ether oxygens (including phenoxy) is 1. The summed E-state index contributed by atoms with van der Waals surface area (Å²) in [5.74, 6) is 4.14. The number of hydrazine groups is 1. The SMILES string of the molecule is CCSc1nc2c(c(SC)n1)C1=NC(=COc3ccc(Cl)cc3)NN1C(C(C)C)N2. The van der Waals surface area contributed by atoms with E-state index >= 15 is 0 Å². The van der Waals surface area contributed by atoms with Gasteiger partial charge >= 0.3 is 0 Å². The molecule has 1 atom stereocenters. The number of benzene rings is 1. The number of hydrogen-bond donors (Lipinski definition) is 2. The van der Waals surface area contributed by atoms with Crippen molar-refractivity contribution in [2.75, 3.05) is 17.3 Å². The third kappa shape index (κ3) is 4.19. The van der Waals surface area contributed by atoms with Crippen LogP contribution in [0.5, 0.6) is 5.75 Å². The minimum Gasteiger partial charge on any atom is -0.461 e. The van der Waals surface area contributed by atoms with Crippen molar-refractivity contribution < 1.29 is 4.74 Å². The van der Waals surface area contributed by atoms with E-state index in [0.29, 0.717) is 22.5 Å². The third-order valence-corrected chi connectivity index (χ3v) is 6.21. The lowest BCUT2D eigenvalue weighted by Crippen LogP contribution is -2.55. The zero-order chi connectivity index (χ0) is 21.3. The second-order valence-electron chi connectivity index (χ2n) is 7.00. The summed E-state index contributed by atoms with van der Waals surface area (Å²) in [6, 6.07) is 7.20. The Morgan fingerprint density at radius 3 is 2.70 bits per heavy atom. The zero-order valence-corrected chi connectivity index (χ0v) is 19.5. The van der Waals surface area contributed by atoms with Crippen LogP contribution in [0.15, 0.2) is 51.5 Å². The van der Waals surface area contributed by atoms with E-state index in [4.69, 9.17) is 31.3 Å². The van der Waals surface area contributed by atoms with E-state index in [1.54, 1.807) is 41.9 Å². The molecule has 1 unspecified atom stereocenters. The van der Waals surface area contributed by atoms with Crippen molar-refractivity contribution in [3.8, 4) is 5.75 Å². The minimum atomic E-state index is -0.0123. The molecule has 1 aromatic carbocycles. The van der Waals surface area contributed by atoms with Crippen LogP contribution in [0.3, 0.4) is 0 Å². The van der Waals surface area contributed by atoms with Gasteiger partial charge in [-0.1, -0.05) is 44.1 Å². The fraction of sp³-hybridized carbons (Fsp3) is 0.350. The summed E-state index contributed by atoms with van der Waals surface area (Å²) in [5, 5.41) is 7.93. The molecule has 10 heteroatoms. The Morgan fingerprint density at radius 1 is 1.27 bits per heavy atom. The summed E-state index contributed by atoms with van der Waals surface area (Å²) >= 11 is 9.17. The topological polar surface area (TPSA) is 74.7 Å². The standard InChI is InChI=1S/C20H23ClN6OS2/c1-5-30-20-24-16-15(19(25-20)29-4)18-22-14(26-27(18)17(23-16)11(2)3)10-28-13-8-6-12(21)7-9-13/h6-11,17,26H,5H2,1-4H3,(H,23,24,25). The summed E-state index contributed by atoms with van der Waals surface area (Å²) < 4.78 is 5.77. The van der Waals surface area contributed by atoms with Crippen LogP contribution >= 0.6 is 35.1 Å². The maximum absolute atomic E-state index is 5.94. The summed E-state index contributed by atoms with van der Waals surface area (Å²) in [5.41, 5.74) is 4.25. The summed E-state index contributed by atoms with van der Waals surface area (Å²) in [6.07, 6.45) is 3.61. The fourth-order valence-electron chi connectivity index (χ4n) is 3.17. The van der Waals surface area contributed by atoms with Crippen LogP contribution in [0.4, 0.5) is 5.82 Å². The van der Waals surface area contributed by atoms with E-state index in [0.717, 1.165) is 33.2 Å². The Bertz CT molecular complexity index is 996. The van der Waals surface area contributed by atoms with Crippen LogP contribution in [-0.4, -0.2) is 39.0 Å². The maximum atomic E-state index is 5.94. The molecule has 0 radical (unpaired) electrons. The average Bonchev–Trinajstić information content (AvgIpc) is 3.16. The Labute approximate surface area is 189 Å². The number of hydrogen-bond acceptors (Lipinski definition) is 9. The van der Waals surface area contributed by atoms with E-state index in [9.17, 15) is 0 Å². The molecule has 3 heterocycles. The van der Waals surface area contributed by atoms with E-state index in [2.05, 4.69) is 31.5 Å². The Kier molecular flexibility index (Phi) is 6.31. The van der Waals surface area contributed by atoms with Gasteiger partial charge in [-0.15, -0.1) is 11.8 Å². The van der Waals surface area contributed by atoms with Crippen molar-refractivity contribution in [3.63, 3.8) is 0 Å². The van der Waals surface area contributed by atoms with Crippen LogP contribution < -0.4 is 15.5 Å². The number of aromatic nitrogens is 2. The first-order chi connectivity index (χ1) is 14.5. The number of rotatable bonds is 6. The first kappa shape index (κ1) is 21.1. The number of nitrogens with zero attached hydrogens (tertiary/aromatic N) is 4. The normalized spacial score (nSPS) is 18.6. The summed E-state index contributed by atoms with van der Waals surface area (Å²) in [4.78, 5) is 14.3. The van der Waals surface area contributed by atoms with Gasteiger partial charge in [0.05, 0.1) is 5.56 Å². The summed E-state index contributed by atoms with van der Waals surface area (Å²) in [6.45, 7) is 6.42. The monoisotopic (exact) mass is 462 g/mol. The van der Waals surface area contributed by atoms with Gasteiger partial charge in [0.25, 0.3) is 0 Å². The number of aliphatic imine (C=N–C) groups is 1. The highest BCUT2D eigenvalue weighted by Crippen LogP contribution is 2.36. The van der Waals surface area contributed by atoms with Crippen molar-refractivity contribution in [1.82, 2.24) is 20.4 Å². The zero-order valence-electron chi connectivity index (χ0n) is 17.1. The van der Waals surface area contributed by atoms with Crippen LogP contribution in [-0.2, 0) is 0 Å². The maximum Gasteiger partial charge on any atom is 0.190 e. The number of nitrogens with one attached hydrogen (secondary N) is 2. The Morgan fingerprint density at radius 2 is 2.03 bits per heavy atom. The Balaban J connectivity index is 1.71. The lowest BCUT2D eigenvalue weighted by molar-refractivity contribution is 0.231. The lowest BCUT2D eigenvalue weighted by atomic mass is 10.1. The molecule has 0 saturated carbocycles. The second-order valence-corrected chi connectivity index (χ2v) is 9.46. The number of anilines is 1. The molecule has 158 valence electrons. The van der Waals surface area contributed by atoms with E-state index in [-0.39, 0.29) is 6.17 Å². The van der Waals surface area contributed by atoms with Crippen LogP contribution in [0.25, 0.3) is 0 Å². The van der Waals surface area contributed by atoms with Crippen molar-refractivity contribution >= 4 is 46.8 Å². The van der Waals surface area contributed by atoms with Gasteiger partial charge in [-0.25, -0.2) is 20.0 Å². The second kappa shape index (κ2) is 8.95. The lowest BCUT2D eigenvalue weighted by Gasteiger charge is -2.38. The minimum absolute atomic E-state index is 0.0123. The smallest absolute Gasteiger partial charge is 0.190 e. The highest BCUT2D eigenvalue weighted by atomic mass is 35.5. The van der Waals surface area contributed by atoms with Gasteiger partial charge in [0.15, 0.2) is 16.8 Å². The molecule has 2 N–H and O–H groups in total. The molecule has 0 amide bonds. The van der Waals surface area contributed by atoms with E-state index < -0.39 is 0 Å². The molecule has 0 spiro atoms. The van der Waals surface area contributed by atoms with Crippen molar-refractivity contribution in [2.45, 2.75) is 37.1 Å². The van der Waals surface area contributed by atoms with Crippen molar-refractivity contribution in [1.29, 1.82) is 0 Å². The van der Waals surface area contributed by atoms with Crippen LogP contribution in [0, 0.1) is 5.92 Å². The number of halogens is 1. The first-order valence-corrected chi connectivity index (χ1v) is 12.2. The van der Waals surface area contributed by atoms with Gasteiger partial charge in [0.1, 0.15) is 29.0 Å². The van der Waals surface area contributed by atoms with Crippen molar-refractivity contribution in [2.24, 2.45) is 10.9 Å². The predicted octanol–water partition coefficient (Wildman–Crippen LogP) is 4.82. The van der Waals surface area contributed by atoms with Crippen LogP contribution in [0.2, 0.25) is 5.02 Å². The quantitative estimate of drug-likeness (QED) is 0.274. The van der Waals surface area contributed by atoms with E-state index in [1.807, 2.05) is 23.4 Å². The molecule has 2 aromatic rings. The molecule has 0 saturated heterocycles. The average molecular weight is 463 g/mol. The van der Waals surface area contributed by atoms with Crippen molar-refractivity contribution in [3.05, 3.63) is 46.9 Å². The van der Waals surface area contributed by atoms with Gasteiger partial charge in [-0.05, 0) is 42.2 Å². The van der Waals surface area contributed by atoms with Gasteiger partial charge in [0.2, 0.25) is 0 Å². The predicted molar refractivity (Wildman–Crippen MR) is 124 cm³/mol. The molecule has 0 aliphatic carbocycles. The number of amidine groups is 1. The molecule has 7 nitrogen and oxygen atoms in total. The number of thioether (sulfide) groups is 2. The van der Waals surface area contributed by atoms with E-state index in [1.165, 1.54) is 0 Å².